The topological polar surface area (TPSA) is 87.0 Å². The number of phosphoric acid groups is 1. The SMILES string of the molecule is CC(O)CC(C)(C)OP(=O)(O)O. The van der Waals surface area contributed by atoms with E-state index < -0.39 is 19.5 Å². The highest BCUT2D eigenvalue weighted by atomic mass is 31.2. The molecule has 0 saturated heterocycles. The molecular formula is C6H15O5P. The van der Waals surface area contributed by atoms with E-state index in [2.05, 4.69) is 4.52 Å². The van der Waals surface area contributed by atoms with Crippen molar-refractivity contribution in [2.75, 3.05) is 0 Å². The van der Waals surface area contributed by atoms with Crippen molar-refractivity contribution in [3.63, 3.8) is 0 Å². The van der Waals surface area contributed by atoms with Gasteiger partial charge in [0.25, 0.3) is 0 Å². The van der Waals surface area contributed by atoms with Crippen LogP contribution in [0.25, 0.3) is 0 Å². The van der Waals surface area contributed by atoms with Gasteiger partial charge in [-0.25, -0.2) is 4.57 Å². The maximum Gasteiger partial charge on any atom is 0.470 e. The van der Waals surface area contributed by atoms with Crippen LogP contribution in [0.3, 0.4) is 0 Å². The van der Waals surface area contributed by atoms with Gasteiger partial charge < -0.3 is 14.9 Å². The molecule has 0 aromatic heterocycles. The molecule has 12 heavy (non-hydrogen) atoms. The summed E-state index contributed by atoms with van der Waals surface area (Å²) in [5.74, 6) is 0. The van der Waals surface area contributed by atoms with Crippen molar-refractivity contribution < 1.29 is 24.0 Å². The van der Waals surface area contributed by atoms with Gasteiger partial charge in [-0.05, 0) is 20.8 Å². The molecule has 0 aliphatic rings. The molecule has 0 spiro atoms. The number of phosphoric ester groups is 1. The largest absolute Gasteiger partial charge is 0.470 e. The minimum Gasteiger partial charge on any atom is -0.393 e. The van der Waals surface area contributed by atoms with Crippen LogP contribution < -0.4 is 0 Å². The highest BCUT2D eigenvalue weighted by molar-refractivity contribution is 7.46. The van der Waals surface area contributed by atoms with E-state index in [1.807, 2.05) is 0 Å². The number of aliphatic hydroxyl groups is 1. The average molecular weight is 198 g/mol. The van der Waals surface area contributed by atoms with Gasteiger partial charge >= 0.3 is 7.82 Å². The minimum atomic E-state index is -4.45. The van der Waals surface area contributed by atoms with Gasteiger partial charge in [0.05, 0.1) is 11.7 Å². The molecule has 0 bridgehead atoms. The van der Waals surface area contributed by atoms with Crippen LogP contribution in [0, 0.1) is 0 Å². The molecule has 0 aliphatic carbocycles. The highest BCUT2D eigenvalue weighted by Crippen LogP contribution is 2.42. The first-order valence-electron chi connectivity index (χ1n) is 3.57. The van der Waals surface area contributed by atoms with Crippen LogP contribution in [-0.4, -0.2) is 26.6 Å². The Hall–Kier alpha value is 0.0700. The zero-order valence-corrected chi connectivity index (χ0v) is 8.28. The second kappa shape index (κ2) is 3.85. The molecule has 3 N–H and O–H groups in total. The third-order valence-electron chi connectivity index (χ3n) is 1.15. The highest BCUT2D eigenvalue weighted by Gasteiger charge is 2.29. The van der Waals surface area contributed by atoms with E-state index in [1.165, 1.54) is 20.8 Å². The lowest BCUT2D eigenvalue weighted by molar-refractivity contribution is 0.0216. The molecule has 0 heterocycles. The molecule has 5 nitrogen and oxygen atoms in total. The van der Waals surface area contributed by atoms with Gasteiger partial charge in [-0.15, -0.1) is 0 Å². The van der Waals surface area contributed by atoms with Gasteiger partial charge in [0.1, 0.15) is 0 Å². The van der Waals surface area contributed by atoms with Gasteiger partial charge in [0.15, 0.2) is 0 Å². The molecule has 0 aliphatic heterocycles. The molecule has 0 rings (SSSR count). The van der Waals surface area contributed by atoms with E-state index in [1.54, 1.807) is 0 Å². The summed E-state index contributed by atoms with van der Waals surface area (Å²) in [6, 6.07) is 0. The second-order valence-corrected chi connectivity index (χ2v) is 4.56. The Kier molecular flexibility index (Phi) is 3.87. The quantitative estimate of drug-likeness (QED) is 0.577. The molecule has 1 unspecified atom stereocenters. The standard InChI is InChI=1S/C6H15O5P/c1-5(7)4-6(2,3)11-12(8,9)10/h5,7H,4H2,1-3H3,(H2,8,9,10). The smallest absolute Gasteiger partial charge is 0.393 e. The van der Waals surface area contributed by atoms with Crippen molar-refractivity contribution in [2.45, 2.75) is 38.9 Å². The Labute approximate surface area is 71.6 Å². The summed E-state index contributed by atoms with van der Waals surface area (Å²) >= 11 is 0. The molecule has 0 aromatic carbocycles. The molecular weight excluding hydrogens is 183 g/mol. The zero-order valence-electron chi connectivity index (χ0n) is 7.39. The summed E-state index contributed by atoms with van der Waals surface area (Å²) in [6.45, 7) is 4.56. The van der Waals surface area contributed by atoms with E-state index in [-0.39, 0.29) is 6.42 Å². The normalized spacial score (nSPS) is 16.2. The van der Waals surface area contributed by atoms with E-state index in [4.69, 9.17) is 14.9 Å². The number of hydrogen-bond acceptors (Lipinski definition) is 3. The Morgan fingerprint density at radius 3 is 2.17 bits per heavy atom. The zero-order chi connectivity index (χ0) is 9.99. The molecule has 6 heteroatoms. The molecule has 0 saturated carbocycles. The fraction of sp³-hybridized carbons (Fsp3) is 1.00. The third kappa shape index (κ3) is 6.76. The van der Waals surface area contributed by atoms with Crippen LogP contribution in [0.4, 0.5) is 0 Å². The van der Waals surface area contributed by atoms with E-state index >= 15 is 0 Å². The molecule has 0 radical (unpaired) electrons. The Morgan fingerprint density at radius 1 is 1.50 bits per heavy atom. The van der Waals surface area contributed by atoms with Gasteiger partial charge in [-0.2, -0.15) is 0 Å². The summed E-state index contributed by atoms with van der Waals surface area (Å²) in [6.07, 6.45) is -0.468. The second-order valence-electron chi connectivity index (χ2n) is 3.39. The van der Waals surface area contributed by atoms with Crippen molar-refractivity contribution >= 4 is 7.82 Å². The maximum atomic E-state index is 10.4. The van der Waals surface area contributed by atoms with Gasteiger partial charge in [-0.1, -0.05) is 0 Å². The summed E-state index contributed by atoms with van der Waals surface area (Å²) in [7, 11) is -4.45. The third-order valence-corrected chi connectivity index (χ3v) is 1.89. The lowest BCUT2D eigenvalue weighted by Crippen LogP contribution is -2.27. The van der Waals surface area contributed by atoms with Crippen LogP contribution >= 0.6 is 7.82 Å². The Bertz CT molecular complexity index is 182. The van der Waals surface area contributed by atoms with Crippen LogP contribution in [0.2, 0.25) is 0 Å². The summed E-state index contributed by atoms with van der Waals surface area (Å²) in [5.41, 5.74) is -1.01. The van der Waals surface area contributed by atoms with E-state index in [0.29, 0.717) is 0 Å². The van der Waals surface area contributed by atoms with Crippen molar-refractivity contribution in [3.05, 3.63) is 0 Å². The first-order chi connectivity index (χ1) is 5.12. The lowest BCUT2D eigenvalue weighted by atomic mass is 10.0. The van der Waals surface area contributed by atoms with Crippen molar-refractivity contribution in [3.8, 4) is 0 Å². The number of rotatable bonds is 4. The van der Waals surface area contributed by atoms with Crippen LogP contribution in [-0.2, 0) is 9.09 Å². The summed E-state index contributed by atoms with van der Waals surface area (Å²) < 4.78 is 14.9. The lowest BCUT2D eigenvalue weighted by Gasteiger charge is -2.26. The monoisotopic (exact) mass is 198 g/mol. The first kappa shape index (κ1) is 12.1. The molecule has 0 fully saturated rings. The van der Waals surface area contributed by atoms with Crippen LogP contribution in [0.15, 0.2) is 0 Å². The predicted octanol–water partition coefficient (Wildman–Crippen LogP) is 0.645. The van der Waals surface area contributed by atoms with E-state index in [9.17, 15) is 4.57 Å². The number of hydrogen-bond donors (Lipinski definition) is 3. The van der Waals surface area contributed by atoms with Crippen LogP contribution in [0.5, 0.6) is 0 Å². The minimum absolute atomic E-state index is 0.179. The average Bonchev–Trinajstić information content (AvgIpc) is 1.48. The number of aliphatic hydroxyl groups excluding tert-OH is 1. The van der Waals surface area contributed by atoms with Crippen LogP contribution in [0.1, 0.15) is 27.2 Å². The van der Waals surface area contributed by atoms with Gasteiger partial charge in [-0.3, -0.25) is 4.52 Å². The van der Waals surface area contributed by atoms with Gasteiger partial charge in [0.2, 0.25) is 0 Å². The molecule has 0 amide bonds. The fourth-order valence-corrected chi connectivity index (χ4v) is 1.79. The van der Waals surface area contributed by atoms with Crippen molar-refractivity contribution in [1.29, 1.82) is 0 Å². The van der Waals surface area contributed by atoms with E-state index in [0.717, 1.165) is 0 Å². The summed E-state index contributed by atoms with van der Waals surface area (Å²) in [4.78, 5) is 16.9. The molecule has 74 valence electrons. The fourth-order valence-electron chi connectivity index (χ4n) is 1.07. The first-order valence-corrected chi connectivity index (χ1v) is 5.10. The molecule has 0 aromatic rings. The maximum absolute atomic E-state index is 10.4. The molecule has 1 atom stereocenters. The Morgan fingerprint density at radius 2 is 1.92 bits per heavy atom. The predicted molar refractivity (Wildman–Crippen MR) is 43.5 cm³/mol. The van der Waals surface area contributed by atoms with Gasteiger partial charge in [0, 0.05) is 6.42 Å². The summed E-state index contributed by atoms with van der Waals surface area (Å²) in [5, 5.41) is 8.95. The van der Waals surface area contributed by atoms with Crippen molar-refractivity contribution in [2.24, 2.45) is 0 Å². The Balaban J connectivity index is 4.14. The van der Waals surface area contributed by atoms with Crippen molar-refractivity contribution in [1.82, 2.24) is 0 Å².